The number of hydrogen-bond donors (Lipinski definition) is 2. The zero-order valence-corrected chi connectivity index (χ0v) is 14.6. The molecule has 0 saturated heterocycles. The molecule has 3 atom stereocenters. The number of primary amides is 1. The Morgan fingerprint density at radius 2 is 2.00 bits per heavy atom. The van der Waals surface area contributed by atoms with Crippen molar-refractivity contribution in [2.45, 2.75) is 26.2 Å². The standard InChI is InChI=1S/C20H24N2O3/c1-13-6-8-16(9-7-13)25-17-5-3-4-15(10-17)19-11-18(19)14(2)12-22(24)20(21)23/h3-10,14,18-19,24H,11-12H2,1-2H3,(H2,21,23). The minimum absolute atomic E-state index is 0.184. The van der Waals surface area contributed by atoms with E-state index in [1.165, 1.54) is 11.1 Å². The van der Waals surface area contributed by atoms with Crippen molar-refractivity contribution in [2.75, 3.05) is 6.54 Å². The van der Waals surface area contributed by atoms with E-state index >= 15 is 0 Å². The number of amides is 2. The first kappa shape index (κ1) is 17.3. The maximum Gasteiger partial charge on any atom is 0.338 e. The monoisotopic (exact) mass is 340 g/mol. The molecule has 1 aliphatic rings. The number of hydroxylamine groups is 2. The topological polar surface area (TPSA) is 75.8 Å². The Bertz CT molecular complexity index is 745. The fourth-order valence-electron chi connectivity index (χ4n) is 3.28. The van der Waals surface area contributed by atoms with Gasteiger partial charge in [0.2, 0.25) is 0 Å². The van der Waals surface area contributed by atoms with Gasteiger partial charge in [0.15, 0.2) is 0 Å². The molecule has 0 bridgehead atoms. The SMILES string of the molecule is Cc1ccc(Oc2cccc(C3CC3C(C)CN(O)C(N)=O)c2)cc1. The summed E-state index contributed by atoms with van der Waals surface area (Å²) < 4.78 is 5.93. The van der Waals surface area contributed by atoms with Crippen molar-refractivity contribution in [1.29, 1.82) is 0 Å². The van der Waals surface area contributed by atoms with E-state index in [4.69, 9.17) is 10.5 Å². The summed E-state index contributed by atoms with van der Waals surface area (Å²) in [7, 11) is 0. The molecule has 2 aromatic carbocycles. The predicted molar refractivity (Wildman–Crippen MR) is 95.8 cm³/mol. The van der Waals surface area contributed by atoms with Gasteiger partial charge in [-0.2, -0.15) is 0 Å². The second kappa shape index (κ2) is 7.15. The lowest BCUT2D eigenvalue weighted by Crippen LogP contribution is -2.36. The highest BCUT2D eigenvalue weighted by Gasteiger charge is 2.42. The van der Waals surface area contributed by atoms with Gasteiger partial charge in [0.1, 0.15) is 11.5 Å². The third-order valence-electron chi connectivity index (χ3n) is 4.83. The van der Waals surface area contributed by atoms with Crippen molar-refractivity contribution in [3.05, 3.63) is 59.7 Å². The summed E-state index contributed by atoms with van der Waals surface area (Å²) >= 11 is 0. The number of nitrogens with two attached hydrogens (primary N) is 1. The molecule has 0 aromatic heterocycles. The van der Waals surface area contributed by atoms with Gasteiger partial charge in [-0.3, -0.25) is 5.21 Å². The Labute approximate surface area is 148 Å². The van der Waals surface area contributed by atoms with E-state index in [-0.39, 0.29) is 12.5 Å². The van der Waals surface area contributed by atoms with Crippen molar-refractivity contribution in [3.63, 3.8) is 0 Å². The average molecular weight is 340 g/mol. The molecule has 5 nitrogen and oxygen atoms in total. The maximum absolute atomic E-state index is 11.0. The Morgan fingerprint density at radius 1 is 1.28 bits per heavy atom. The Kier molecular flexibility index (Phi) is 4.95. The molecule has 0 spiro atoms. The summed E-state index contributed by atoms with van der Waals surface area (Å²) in [6, 6.07) is 15.3. The number of carbonyl (C=O) groups is 1. The molecule has 0 radical (unpaired) electrons. The second-order valence-electron chi connectivity index (χ2n) is 6.89. The van der Waals surface area contributed by atoms with Gasteiger partial charge in [-0.05, 0) is 60.9 Å². The van der Waals surface area contributed by atoms with E-state index in [2.05, 4.69) is 12.1 Å². The van der Waals surface area contributed by atoms with E-state index in [1.54, 1.807) is 0 Å². The number of urea groups is 1. The van der Waals surface area contributed by atoms with Gasteiger partial charge in [0.25, 0.3) is 0 Å². The van der Waals surface area contributed by atoms with Gasteiger partial charge < -0.3 is 10.5 Å². The van der Waals surface area contributed by atoms with Crippen molar-refractivity contribution >= 4 is 6.03 Å². The molecule has 0 heterocycles. The Hall–Kier alpha value is -2.53. The maximum atomic E-state index is 11.0. The highest BCUT2D eigenvalue weighted by molar-refractivity contribution is 5.70. The fraction of sp³-hybridized carbons (Fsp3) is 0.350. The van der Waals surface area contributed by atoms with Crippen molar-refractivity contribution < 1.29 is 14.7 Å². The molecule has 2 amide bonds. The Morgan fingerprint density at radius 3 is 2.68 bits per heavy atom. The van der Waals surface area contributed by atoms with Crippen LogP contribution in [0, 0.1) is 18.8 Å². The van der Waals surface area contributed by atoms with E-state index in [0.717, 1.165) is 17.9 Å². The molecule has 1 saturated carbocycles. The van der Waals surface area contributed by atoms with E-state index in [1.807, 2.05) is 50.2 Å². The molecule has 1 fully saturated rings. The van der Waals surface area contributed by atoms with Crippen molar-refractivity contribution in [2.24, 2.45) is 17.6 Å². The minimum atomic E-state index is -0.808. The molecule has 3 unspecified atom stereocenters. The van der Waals surface area contributed by atoms with Gasteiger partial charge in [-0.15, -0.1) is 0 Å². The predicted octanol–water partition coefficient (Wildman–Crippen LogP) is 4.30. The van der Waals surface area contributed by atoms with Gasteiger partial charge in [-0.1, -0.05) is 36.8 Å². The number of hydrogen-bond acceptors (Lipinski definition) is 3. The largest absolute Gasteiger partial charge is 0.457 e. The highest BCUT2D eigenvalue weighted by Crippen LogP contribution is 2.52. The normalized spacial score (nSPS) is 20.0. The molecular weight excluding hydrogens is 316 g/mol. The van der Waals surface area contributed by atoms with Crippen LogP contribution in [-0.2, 0) is 0 Å². The fourth-order valence-corrected chi connectivity index (χ4v) is 3.28. The molecule has 0 aliphatic heterocycles. The first-order valence-corrected chi connectivity index (χ1v) is 8.54. The van der Waals surface area contributed by atoms with Crippen molar-refractivity contribution in [3.8, 4) is 11.5 Å². The molecule has 2 aromatic rings. The third-order valence-corrected chi connectivity index (χ3v) is 4.83. The van der Waals surface area contributed by atoms with Crippen LogP contribution in [0.2, 0.25) is 0 Å². The zero-order chi connectivity index (χ0) is 18.0. The summed E-state index contributed by atoms with van der Waals surface area (Å²) in [5.41, 5.74) is 7.50. The highest BCUT2D eigenvalue weighted by atomic mass is 16.5. The molecule has 3 N–H and O–H groups in total. The lowest BCUT2D eigenvalue weighted by atomic mass is 10.0. The lowest BCUT2D eigenvalue weighted by Gasteiger charge is -2.17. The van der Waals surface area contributed by atoms with E-state index in [9.17, 15) is 10.0 Å². The summed E-state index contributed by atoms with van der Waals surface area (Å²) in [4.78, 5) is 11.0. The number of aryl methyl sites for hydroxylation is 1. The van der Waals surface area contributed by atoms with Crippen molar-refractivity contribution in [1.82, 2.24) is 5.06 Å². The minimum Gasteiger partial charge on any atom is -0.457 e. The van der Waals surface area contributed by atoms with Crippen LogP contribution in [0.1, 0.15) is 30.4 Å². The van der Waals surface area contributed by atoms with Gasteiger partial charge >= 0.3 is 6.03 Å². The van der Waals surface area contributed by atoms with Crippen LogP contribution in [-0.4, -0.2) is 22.8 Å². The van der Waals surface area contributed by atoms with E-state index in [0.29, 0.717) is 16.9 Å². The summed E-state index contributed by atoms with van der Waals surface area (Å²) in [6.07, 6.45) is 1.04. The Balaban J connectivity index is 1.63. The molecule has 3 rings (SSSR count). The first-order valence-electron chi connectivity index (χ1n) is 8.54. The van der Waals surface area contributed by atoms with E-state index < -0.39 is 6.03 Å². The number of carbonyl (C=O) groups excluding carboxylic acids is 1. The van der Waals surface area contributed by atoms with Crippen LogP contribution in [0.15, 0.2) is 48.5 Å². The van der Waals surface area contributed by atoms with Crippen LogP contribution in [0.25, 0.3) is 0 Å². The third kappa shape index (κ3) is 4.31. The van der Waals surface area contributed by atoms with Gasteiger partial charge in [0, 0.05) is 0 Å². The number of ether oxygens (including phenoxy) is 1. The molecule has 25 heavy (non-hydrogen) atoms. The molecular formula is C20H24N2O3. The van der Waals surface area contributed by atoms with Crippen LogP contribution in [0.3, 0.4) is 0 Å². The van der Waals surface area contributed by atoms with Gasteiger partial charge in [0.05, 0.1) is 6.54 Å². The first-order chi connectivity index (χ1) is 11.9. The van der Waals surface area contributed by atoms with Crippen LogP contribution in [0.4, 0.5) is 4.79 Å². The second-order valence-corrected chi connectivity index (χ2v) is 6.89. The summed E-state index contributed by atoms with van der Waals surface area (Å²) in [6.45, 7) is 4.34. The molecule has 1 aliphatic carbocycles. The lowest BCUT2D eigenvalue weighted by molar-refractivity contribution is -0.0509. The van der Waals surface area contributed by atoms with Crippen LogP contribution >= 0.6 is 0 Å². The summed E-state index contributed by atoms with van der Waals surface area (Å²) in [5, 5.41) is 10.1. The summed E-state index contributed by atoms with van der Waals surface area (Å²) in [5.74, 6) is 2.69. The number of benzene rings is 2. The molecule has 132 valence electrons. The molecule has 5 heteroatoms. The smallest absolute Gasteiger partial charge is 0.338 e. The van der Waals surface area contributed by atoms with Crippen LogP contribution < -0.4 is 10.5 Å². The average Bonchev–Trinajstić information content (AvgIpc) is 3.38. The zero-order valence-electron chi connectivity index (χ0n) is 14.6. The number of rotatable bonds is 6. The van der Waals surface area contributed by atoms with Gasteiger partial charge in [-0.25, -0.2) is 9.86 Å². The number of nitrogens with zero attached hydrogens (tertiary/aromatic N) is 1. The quantitative estimate of drug-likeness (QED) is 0.608. The van der Waals surface area contributed by atoms with Crippen LogP contribution in [0.5, 0.6) is 11.5 Å².